The van der Waals surface area contributed by atoms with Crippen molar-refractivity contribution in [3.05, 3.63) is 44.2 Å². The van der Waals surface area contributed by atoms with Crippen LogP contribution in [-0.4, -0.2) is 23.6 Å². The van der Waals surface area contributed by atoms with Crippen LogP contribution in [0.5, 0.6) is 5.75 Å². The Morgan fingerprint density at radius 3 is 2.95 bits per heavy atom. The number of hydrogen-bond donors (Lipinski definition) is 3. The van der Waals surface area contributed by atoms with Crippen molar-refractivity contribution in [1.29, 1.82) is 0 Å². The van der Waals surface area contributed by atoms with Gasteiger partial charge in [0.2, 0.25) is 0 Å². The Hall–Kier alpha value is -1.81. The minimum atomic E-state index is -0.178. The molecule has 21 heavy (non-hydrogen) atoms. The quantitative estimate of drug-likeness (QED) is 0.229. The Morgan fingerprint density at radius 1 is 1.48 bits per heavy atom. The first kappa shape index (κ1) is 15.6. The van der Waals surface area contributed by atoms with E-state index in [2.05, 4.69) is 33.1 Å². The fraction of sp³-hybridized carbons (Fsp3) is 0.0769. The first-order valence-corrected chi connectivity index (χ1v) is 7.79. The summed E-state index contributed by atoms with van der Waals surface area (Å²) in [5, 5.41) is 15.8. The molecule has 1 aromatic heterocycles. The number of oxime groups is 1. The molecule has 0 aliphatic carbocycles. The summed E-state index contributed by atoms with van der Waals surface area (Å²) in [7, 11) is 0. The van der Waals surface area contributed by atoms with Gasteiger partial charge in [0.15, 0.2) is 5.84 Å². The van der Waals surface area contributed by atoms with Crippen LogP contribution in [0.4, 0.5) is 5.69 Å². The van der Waals surface area contributed by atoms with Crippen molar-refractivity contribution < 1.29 is 14.7 Å². The van der Waals surface area contributed by atoms with E-state index in [1.54, 1.807) is 29.6 Å². The number of thiophene rings is 1. The Kier molecular flexibility index (Phi) is 5.39. The molecule has 1 aromatic carbocycles. The highest BCUT2D eigenvalue weighted by Crippen LogP contribution is 2.20. The number of ether oxygens (including phenoxy) is 1. The highest BCUT2D eigenvalue weighted by atomic mass is 127. The van der Waals surface area contributed by atoms with Crippen LogP contribution in [0.3, 0.4) is 0 Å². The van der Waals surface area contributed by atoms with Crippen LogP contribution in [0.15, 0.2) is 40.9 Å². The summed E-state index contributed by atoms with van der Waals surface area (Å²) < 4.78 is 6.37. The van der Waals surface area contributed by atoms with Gasteiger partial charge in [-0.25, -0.2) is 0 Å². The molecule has 1 heterocycles. The number of hydrogen-bond acceptors (Lipinski definition) is 5. The number of amidine groups is 1. The average molecular weight is 417 g/mol. The second-order valence-electron chi connectivity index (χ2n) is 4.00. The van der Waals surface area contributed by atoms with Gasteiger partial charge in [-0.1, -0.05) is 11.2 Å². The largest absolute Gasteiger partial charge is 0.485 e. The topological polar surface area (TPSA) is 96.9 Å². The predicted octanol–water partition coefficient (Wildman–Crippen LogP) is 2.73. The molecule has 0 spiro atoms. The van der Waals surface area contributed by atoms with Gasteiger partial charge in [0, 0.05) is 17.1 Å². The summed E-state index contributed by atoms with van der Waals surface area (Å²) in [6, 6.07) is 8.70. The van der Waals surface area contributed by atoms with Gasteiger partial charge >= 0.3 is 0 Å². The van der Waals surface area contributed by atoms with Gasteiger partial charge < -0.3 is 21.0 Å². The van der Waals surface area contributed by atoms with Crippen LogP contribution < -0.4 is 15.8 Å². The third kappa shape index (κ3) is 4.60. The molecule has 8 heteroatoms. The second-order valence-corrected chi connectivity index (χ2v) is 6.81. The predicted molar refractivity (Wildman–Crippen MR) is 90.3 cm³/mol. The van der Waals surface area contributed by atoms with Crippen LogP contribution in [0.25, 0.3) is 0 Å². The van der Waals surface area contributed by atoms with E-state index in [-0.39, 0.29) is 18.3 Å². The highest BCUT2D eigenvalue weighted by Gasteiger charge is 2.08. The van der Waals surface area contributed by atoms with E-state index in [0.29, 0.717) is 17.0 Å². The molecule has 4 N–H and O–H groups in total. The van der Waals surface area contributed by atoms with Crippen molar-refractivity contribution >= 4 is 51.4 Å². The molecule has 0 saturated heterocycles. The van der Waals surface area contributed by atoms with Gasteiger partial charge in [0.25, 0.3) is 5.91 Å². The number of nitrogens with zero attached hydrogens (tertiary/aromatic N) is 1. The summed E-state index contributed by atoms with van der Waals surface area (Å²) in [5.74, 6) is 0.305. The Labute approximate surface area is 138 Å². The van der Waals surface area contributed by atoms with Crippen LogP contribution in [0.1, 0.15) is 10.4 Å². The summed E-state index contributed by atoms with van der Waals surface area (Å²) in [6.07, 6.45) is 0. The van der Waals surface area contributed by atoms with Crippen molar-refractivity contribution in [2.45, 2.75) is 0 Å². The number of nitrogens with one attached hydrogen (secondary N) is 1. The normalized spacial score (nSPS) is 11.2. The number of nitrogens with two attached hydrogens (primary N) is 1. The second kappa shape index (κ2) is 7.27. The van der Waals surface area contributed by atoms with Crippen molar-refractivity contribution in [2.75, 3.05) is 11.9 Å². The molecule has 1 amide bonds. The van der Waals surface area contributed by atoms with Gasteiger partial charge in [-0.05, 0) is 40.8 Å². The van der Waals surface area contributed by atoms with Gasteiger partial charge in [-0.3, -0.25) is 4.79 Å². The third-order valence-corrected chi connectivity index (χ3v) is 4.23. The Morgan fingerprint density at radius 2 is 2.29 bits per heavy atom. The minimum Gasteiger partial charge on any atom is -0.485 e. The maximum Gasteiger partial charge on any atom is 0.256 e. The van der Waals surface area contributed by atoms with E-state index in [0.717, 1.165) is 2.88 Å². The molecule has 2 aromatic rings. The maximum atomic E-state index is 12.0. The number of benzene rings is 1. The molecular formula is C13H12IN3O3S. The van der Waals surface area contributed by atoms with Crippen LogP contribution in [0.2, 0.25) is 0 Å². The van der Waals surface area contributed by atoms with Crippen LogP contribution >= 0.6 is 33.9 Å². The van der Waals surface area contributed by atoms with Crippen molar-refractivity contribution in [2.24, 2.45) is 10.9 Å². The van der Waals surface area contributed by atoms with E-state index in [9.17, 15) is 4.79 Å². The highest BCUT2D eigenvalue weighted by molar-refractivity contribution is 14.1. The monoisotopic (exact) mass is 417 g/mol. The molecule has 0 unspecified atom stereocenters. The van der Waals surface area contributed by atoms with Gasteiger partial charge in [-0.15, -0.1) is 11.3 Å². The molecule has 0 bridgehead atoms. The number of carbonyl (C=O) groups is 1. The number of halogens is 1. The maximum absolute atomic E-state index is 12.0. The first-order chi connectivity index (χ1) is 10.1. The van der Waals surface area contributed by atoms with E-state index in [4.69, 9.17) is 15.7 Å². The van der Waals surface area contributed by atoms with Crippen LogP contribution in [-0.2, 0) is 0 Å². The summed E-state index contributed by atoms with van der Waals surface area (Å²) in [4.78, 5) is 12.0. The molecule has 0 aliphatic rings. The molecule has 0 aliphatic heterocycles. The van der Waals surface area contributed by atoms with Gasteiger partial charge in [0.05, 0.1) is 8.45 Å². The molecule has 6 nitrogen and oxygen atoms in total. The molecule has 110 valence electrons. The lowest BCUT2D eigenvalue weighted by molar-refractivity contribution is 0.102. The summed E-state index contributed by atoms with van der Waals surface area (Å²) in [5.41, 5.74) is 6.55. The van der Waals surface area contributed by atoms with Gasteiger partial charge in [-0.2, -0.15) is 0 Å². The van der Waals surface area contributed by atoms with E-state index < -0.39 is 0 Å². The van der Waals surface area contributed by atoms with Crippen LogP contribution in [0, 0.1) is 2.88 Å². The fourth-order valence-electron chi connectivity index (χ4n) is 1.48. The van der Waals surface area contributed by atoms with Gasteiger partial charge in [0.1, 0.15) is 12.4 Å². The van der Waals surface area contributed by atoms with E-state index in [1.165, 1.54) is 11.3 Å². The molecule has 0 atom stereocenters. The van der Waals surface area contributed by atoms with E-state index in [1.807, 2.05) is 6.07 Å². The first-order valence-electron chi connectivity index (χ1n) is 5.83. The smallest absolute Gasteiger partial charge is 0.256 e. The van der Waals surface area contributed by atoms with Crippen molar-refractivity contribution in [1.82, 2.24) is 0 Å². The molecule has 0 radical (unpaired) electrons. The molecule has 0 saturated carbocycles. The summed E-state index contributed by atoms with van der Waals surface area (Å²) >= 11 is 3.68. The lowest BCUT2D eigenvalue weighted by Crippen LogP contribution is -2.20. The molecule has 0 fully saturated rings. The van der Waals surface area contributed by atoms with Crippen molar-refractivity contribution in [3.63, 3.8) is 0 Å². The zero-order valence-corrected chi connectivity index (χ0v) is 13.7. The third-order valence-electron chi connectivity index (χ3n) is 2.44. The molecular weight excluding hydrogens is 405 g/mol. The summed E-state index contributed by atoms with van der Waals surface area (Å²) in [6.45, 7) is -0.0311. The minimum absolute atomic E-state index is 0.0303. The lowest BCUT2D eigenvalue weighted by Gasteiger charge is -2.08. The average Bonchev–Trinajstić information content (AvgIpc) is 2.92. The Bertz CT molecular complexity index is 672. The van der Waals surface area contributed by atoms with Crippen molar-refractivity contribution in [3.8, 4) is 5.75 Å². The zero-order chi connectivity index (χ0) is 15.2. The van der Waals surface area contributed by atoms with E-state index >= 15 is 0 Å². The Balaban J connectivity index is 2.02. The lowest BCUT2D eigenvalue weighted by atomic mass is 10.2. The number of amides is 1. The number of carbonyl (C=O) groups excluding carboxylic acids is 1. The zero-order valence-electron chi connectivity index (χ0n) is 10.7. The number of anilines is 1. The number of rotatable bonds is 5. The fourth-order valence-corrected chi connectivity index (χ4v) is 2.81. The molecule has 2 rings (SSSR count). The standard InChI is InChI=1S/C13H12IN3O3S/c14-11-4-8(7-21-11)13(18)16-9-2-1-3-10(5-9)20-6-12(15)17-19/h1-5,7,19H,6H2,(H2,15,17)(H,16,18). The SMILES string of the molecule is NC(COc1cccc(NC(=O)c2csc(I)c2)c1)=NO.